The van der Waals surface area contributed by atoms with Crippen LogP contribution in [-0.2, 0) is 0 Å². The smallest absolute Gasteiger partial charge is 0.172 e. The molecule has 2 nitrogen and oxygen atoms in total. The summed E-state index contributed by atoms with van der Waals surface area (Å²) in [5.74, 6) is 0.332. The van der Waals surface area contributed by atoms with Gasteiger partial charge in [0, 0.05) is 21.4 Å². The maximum atomic E-state index is 12.5. The van der Waals surface area contributed by atoms with E-state index in [9.17, 15) is 9.59 Å². The molecule has 1 aromatic heterocycles. The van der Waals surface area contributed by atoms with Crippen LogP contribution in [0.5, 0.6) is 0 Å². The largest absolute Gasteiger partial charge is 0.293 e. The number of rotatable bonds is 2. The zero-order valence-corrected chi connectivity index (χ0v) is 14.3. The van der Waals surface area contributed by atoms with Crippen molar-refractivity contribution in [1.82, 2.24) is 0 Å². The molecular weight excluding hydrogens is 255 g/mol. The summed E-state index contributed by atoms with van der Waals surface area (Å²) >= 11 is 0. The van der Waals surface area contributed by atoms with E-state index in [0.29, 0.717) is 0 Å². The highest BCUT2D eigenvalue weighted by Gasteiger charge is 2.31. The molecule has 0 N–H and O–H groups in total. The predicted octanol–water partition coefficient (Wildman–Crippen LogP) is 4.79. The van der Waals surface area contributed by atoms with E-state index in [1.165, 1.54) is 0 Å². The molecule has 0 aliphatic carbocycles. The van der Waals surface area contributed by atoms with Crippen molar-refractivity contribution in [1.29, 1.82) is 0 Å². The average Bonchev–Trinajstić information content (AvgIpc) is 2.51. The third kappa shape index (κ3) is 3.17. The van der Waals surface area contributed by atoms with E-state index in [-0.39, 0.29) is 30.6 Å². The van der Waals surface area contributed by atoms with Crippen molar-refractivity contribution < 1.29 is 9.59 Å². The Balaban J connectivity index is 3.36. The van der Waals surface area contributed by atoms with Crippen molar-refractivity contribution in [3.05, 3.63) is 21.7 Å². The summed E-state index contributed by atoms with van der Waals surface area (Å²) in [6.45, 7) is 15.5. The van der Waals surface area contributed by atoms with Crippen LogP contribution in [0.25, 0.3) is 0 Å². The molecule has 0 aromatic carbocycles. The summed E-state index contributed by atoms with van der Waals surface area (Å²) in [4.78, 5) is 24.9. The quantitative estimate of drug-likeness (QED) is 0.730. The SMILES string of the molecule is Cc1c(C(=O)C(C)(C)C)[pH]c(C(=O)C(C)(C)C)c1C. The van der Waals surface area contributed by atoms with E-state index in [4.69, 9.17) is 0 Å². The Morgan fingerprint density at radius 2 is 1.00 bits per heavy atom. The summed E-state index contributed by atoms with van der Waals surface area (Å²) in [5, 5.41) is 1.69. The van der Waals surface area contributed by atoms with E-state index < -0.39 is 0 Å². The second kappa shape index (κ2) is 4.90. The molecule has 1 aromatic rings. The van der Waals surface area contributed by atoms with Gasteiger partial charge < -0.3 is 0 Å². The zero-order valence-electron chi connectivity index (χ0n) is 13.3. The first-order valence-corrected chi connectivity index (χ1v) is 7.66. The Morgan fingerprint density at radius 3 is 1.21 bits per heavy atom. The minimum atomic E-state index is -0.385. The lowest BCUT2D eigenvalue weighted by molar-refractivity contribution is 0.0857. The Labute approximate surface area is 118 Å². The first-order chi connectivity index (χ1) is 8.37. The van der Waals surface area contributed by atoms with Gasteiger partial charge in [-0.3, -0.25) is 9.59 Å². The van der Waals surface area contributed by atoms with Gasteiger partial charge in [-0.15, -0.1) is 8.19 Å². The van der Waals surface area contributed by atoms with Gasteiger partial charge in [-0.05, 0) is 25.0 Å². The zero-order chi connectivity index (χ0) is 15.2. The number of ketones is 2. The highest BCUT2D eigenvalue weighted by molar-refractivity contribution is 7.35. The molecule has 0 aliphatic heterocycles. The van der Waals surface area contributed by atoms with Crippen LogP contribution in [0.3, 0.4) is 0 Å². The van der Waals surface area contributed by atoms with E-state index in [2.05, 4.69) is 0 Å². The molecule has 1 heterocycles. The van der Waals surface area contributed by atoms with Gasteiger partial charge in [0.1, 0.15) is 0 Å². The van der Waals surface area contributed by atoms with Crippen molar-refractivity contribution in [2.24, 2.45) is 10.8 Å². The van der Waals surface area contributed by atoms with Crippen molar-refractivity contribution >= 4 is 19.8 Å². The maximum Gasteiger partial charge on any atom is 0.172 e. The summed E-state index contributed by atoms with van der Waals surface area (Å²) in [7, 11) is 0.219. The number of hydrogen-bond acceptors (Lipinski definition) is 2. The maximum absolute atomic E-state index is 12.5. The lowest BCUT2D eigenvalue weighted by Crippen LogP contribution is -2.19. The van der Waals surface area contributed by atoms with Gasteiger partial charge >= 0.3 is 0 Å². The van der Waals surface area contributed by atoms with Gasteiger partial charge in [0.05, 0.1) is 0 Å². The van der Waals surface area contributed by atoms with Gasteiger partial charge in [0.25, 0.3) is 0 Å². The molecule has 0 bridgehead atoms. The van der Waals surface area contributed by atoms with E-state index >= 15 is 0 Å². The molecule has 0 amide bonds. The Morgan fingerprint density at radius 1 is 0.737 bits per heavy atom. The van der Waals surface area contributed by atoms with Crippen LogP contribution < -0.4 is 0 Å². The summed E-state index contributed by atoms with van der Waals surface area (Å²) in [5.41, 5.74) is 1.24. The lowest BCUT2D eigenvalue weighted by atomic mass is 9.87. The topological polar surface area (TPSA) is 34.1 Å². The van der Waals surface area contributed by atoms with Gasteiger partial charge in [-0.25, -0.2) is 0 Å². The summed E-state index contributed by atoms with van der Waals surface area (Å²) < 4.78 is 0. The molecule has 0 saturated carbocycles. The van der Waals surface area contributed by atoms with Crippen LogP contribution >= 0.6 is 8.19 Å². The molecule has 1 rings (SSSR count). The van der Waals surface area contributed by atoms with Crippen LogP contribution in [0.4, 0.5) is 0 Å². The Hall–Kier alpha value is -0.880. The van der Waals surface area contributed by atoms with Gasteiger partial charge in [0.15, 0.2) is 11.6 Å². The minimum absolute atomic E-state index is 0.166. The van der Waals surface area contributed by atoms with Crippen LogP contribution in [0.15, 0.2) is 0 Å². The van der Waals surface area contributed by atoms with Crippen LogP contribution in [0, 0.1) is 24.7 Å². The fraction of sp³-hybridized carbons (Fsp3) is 0.625. The normalized spacial score (nSPS) is 12.6. The molecule has 0 atom stereocenters. The summed E-state index contributed by atoms with van der Waals surface area (Å²) in [6, 6.07) is 0. The van der Waals surface area contributed by atoms with E-state index in [1.54, 1.807) is 0 Å². The molecule has 0 fully saturated rings. The predicted molar refractivity (Wildman–Crippen MR) is 83.0 cm³/mol. The molecule has 0 spiro atoms. The molecule has 0 radical (unpaired) electrons. The standard InChI is InChI=1S/C16H25O2P/c1-9-10(2)12(14(18)16(6,7)8)19-11(9)13(17)15(3,4)5/h19H,1-8H3. The van der Waals surface area contributed by atoms with Gasteiger partial charge in [-0.2, -0.15) is 0 Å². The molecule has 0 saturated heterocycles. The first kappa shape index (κ1) is 16.2. The van der Waals surface area contributed by atoms with Gasteiger partial charge in [0.2, 0.25) is 0 Å². The molecule has 0 aliphatic rings. The second-order valence-corrected chi connectivity index (χ2v) is 8.53. The van der Waals surface area contributed by atoms with Crippen molar-refractivity contribution in [3.8, 4) is 0 Å². The van der Waals surface area contributed by atoms with Crippen molar-refractivity contribution in [3.63, 3.8) is 0 Å². The molecule has 106 valence electrons. The molecular formula is C16H25O2P. The number of hydrogen-bond donors (Lipinski definition) is 0. The third-order valence-corrected chi connectivity index (χ3v) is 5.08. The number of carbonyl (C=O) groups is 2. The number of Topliss-reactive ketones (excluding diaryl/α,β-unsaturated/α-hetero) is 2. The minimum Gasteiger partial charge on any atom is -0.293 e. The van der Waals surface area contributed by atoms with Gasteiger partial charge in [-0.1, -0.05) is 41.5 Å². The highest BCUT2D eigenvalue weighted by atomic mass is 31.0. The van der Waals surface area contributed by atoms with Crippen molar-refractivity contribution in [2.75, 3.05) is 0 Å². The second-order valence-electron chi connectivity index (χ2n) is 7.28. The van der Waals surface area contributed by atoms with Crippen LogP contribution in [-0.4, -0.2) is 11.6 Å². The molecule has 19 heavy (non-hydrogen) atoms. The number of carbonyl (C=O) groups excluding carboxylic acids is 2. The molecule has 0 unspecified atom stereocenters. The Kier molecular flexibility index (Phi) is 4.17. The summed E-state index contributed by atoms with van der Waals surface area (Å²) in [6.07, 6.45) is 0. The lowest BCUT2D eigenvalue weighted by Gasteiger charge is -2.17. The van der Waals surface area contributed by atoms with E-state index in [0.717, 1.165) is 21.7 Å². The van der Waals surface area contributed by atoms with Crippen LogP contribution in [0.2, 0.25) is 0 Å². The van der Waals surface area contributed by atoms with Crippen LogP contribution in [0.1, 0.15) is 72.8 Å². The van der Waals surface area contributed by atoms with Crippen molar-refractivity contribution in [2.45, 2.75) is 55.4 Å². The fourth-order valence-corrected chi connectivity index (χ4v) is 3.87. The molecule has 3 heteroatoms. The monoisotopic (exact) mass is 280 g/mol. The average molecular weight is 280 g/mol. The fourth-order valence-electron chi connectivity index (χ4n) is 1.89. The highest BCUT2D eigenvalue weighted by Crippen LogP contribution is 2.39. The first-order valence-electron chi connectivity index (χ1n) is 6.66. The third-order valence-electron chi connectivity index (χ3n) is 3.38. The Bertz CT molecular complexity index is 476. The van der Waals surface area contributed by atoms with E-state index in [1.807, 2.05) is 55.4 Å².